The maximum atomic E-state index is 11.4. The zero-order valence-electron chi connectivity index (χ0n) is 8.69. The summed E-state index contributed by atoms with van der Waals surface area (Å²) < 4.78 is 0. The molecular formula is C12H13NO2. The highest BCUT2D eigenvalue weighted by molar-refractivity contribution is 6.05. The lowest BCUT2D eigenvalue weighted by molar-refractivity contribution is -0.128. The van der Waals surface area contributed by atoms with Gasteiger partial charge in [-0.25, -0.2) is 0 Å². The van der Waals surface area contributed by atoms with Gasteiger partial charge in [-0.15, -0.1) is 0 Å². The number of nitrogens with zero attached hydrogens (tertiary/aromatic N) is 1. The summed E-state index contributed by atoms with van der Waals surface area (Å²) in [5.74, 6) is -0.0345. The maximum Gasteiger partial charge on any atom is 0.230 e. The number of aryl methyl sites for hydroxylation is 1. The number of amides is 1. The van der Waals surface area contributed by atoms with Crippen molar-refractivity contribution in [3.63, 3.8) is 0 Å². The van der Waals surface area contributed by atoms with Crippen LogP contribution >= 0.6 is 0 Å². The first-order valence-electron chi connectivity index (χ1n) is 5.00. The molecule has 0 saturated carbocycles. The fraction of sp³-hybridized carbons (Fsp3) is 0.333. The summed E-state index contributed by atoms with van der Waals surface area (Å²) in [4.78, 5) is 24.0. The molecule has 1 heterocycles. The molecule has 1 amide bonds. The van der Waals surface area contributed by atoms with E-state index in [1.54, 1.807) is 4.90 Å². The topological polar surface area (TPSA) is 37.4 Å². The van der Waals surface area contributed by atoms with Crippen LogP contribution in [0.25, 0.3) is 0 Å². The SMILES string of the molecule is Cc1ccc(CN2CC(=O)CC2=O)cc1. The Kier molecular flexibility index (Phi) is 2.54. The molecule has 0 spiro atoms. The van der Waals surface area contributed by atoms with E-state index in [1.807, 2.05) is 31.2 Å². The molecule has 0 aliphatic carbocycles. The summed E-state index contributed by atoms with van der Waals surface area (Å²) in [7, 11) is 0. The second-order valence-corrected chi connectivity index (χ2v) is 3.95. The van der Waals surface area contributed by atoms with Crippen LogP contribution in [0.5, 0.6) is 0 Å². The summed E-state index contributed by atoms with van der Waals surface area (Å²) in [6.45, 7) is 2.84. The molecule has 0 unspecified atom stereocenters. The lowest BCUT2D eigenvalue weighted by atomic mass is 10.1. The maximum absolute atomic E-state index is 11.4. The summed E-state index contributed by atoms with van der Waals surface area (Å²) in [5, 5.41) is 0. The van der Waals surface area contributed by atoms with E-state index in [9.17, 15) is 9.59 Å². The third-order valence-electron chi connectivity index (χ3n) is 2.56. The highest BCUT2D eigenvalue weighted by Crippen LogP contribution is 2.12. The lowest BCUT2D eigenvalue weighted by Gasteiger charge is -2.14. The Labute approximate surface area is 88.7 Å². The fourth-order valence-corrected chi connectivity index (χ4v) is 1.70. The molecule has 1 aromatic carbocycles. The van der Waals surface area contributed by atoms with Crippen molar-refractivity contribution in [1.29, 1.82) is 0 Å². The average molecular weight is 203 g/mol. The van der Waals surface area contributed by atoms with E-state index in [1.165, 1.54) is 5.56 Å². The molecule has 1 aliphatic rings. The molecule has 0 aromatic heterocycles. The van der Waals surface area contributed by atoms with Crippen LogP contribution in [-0.2, 0) is 16.1 Å². The molecule has 0 bridgehead atoms. The van der Waals surface area contributed by atoms with E-state index >= 15 is 0 Å². The van der Waals surface area contributed by atoms with Gasteiger partial charge in [0, 0.05) is 6.54 Å². The third kappa shape index (κ3) is 2.24. The number of ketones is 1. The van der Waals surface area contributed by atoms with Crippen molar-refractivity contribution in [3.8, 4) is 0 Å². The number of carbonyl (C=O) groups is 2. The molecule has 1 aromatic rings. The Morgan fingerprint density at radius 1 is 1.20 bits per heavy atom. The summed E-state index contributed by atoms with van der Waals surface area (Å²) in [5.41, 5.74) is 2.27. The van der Waals surface area contributed by atoms with E-state index in [4.69, 9.17) is 0 Å². The van der Waals surface area contributed by atoms with Crippen LogP contribution in [0, 0.1) is 6.92 Å². The van der Waals surface area contributed by atoms with E-state index in [0.717, 1.165) is 5.56 Å². The second-order valence-electron chi connectivity index (χ2n) is 3.95. The number of likely N-dealkylation sites (tertiary alicyclic amines) is 1. The second kappa shape index (κ2) is 3.85. The van der Waals surface area contributed by atoms with Crippen LogP contribution in [0.15, 0.2) is 24.3 Å². The molecule has 0 atom stereocenters. The van der Waals surface area contributed by atoms with Crippen LogP contribution in [-0.4, -0.2) is 23.1 Å². The predicted octanol–water partition coefficient (Wildman–Crippen LogP) is 1.30. The first-order valence-corrected chi connectivity index (χ1v) is 5.00. The van der Waals surface area contributed by atoms with E-state index < -0.39 is 0 Å². The first kappa shape index (κ1) is 9.90. The van der Waals surface area contributed by atoms with Crippen LogP contribution < -0.4 is 0 Å². The van der Waals surface area contributed by atoms with Gasteiger partial charge in [0.15, 0.2) is 5.78 Å². The van der Waals surface area contributed by atoms with Crippen molar-refractivity contribution in [3.05, 3.63) is 35.4 Å². The minimum atomic E-state index is -0.0550. The zero-order chi connectivity index (χ0) is 10.8. The van der Waals surface area contributed by atoms with Crippen molar-refractivity contribution in [2.45, 2.75) is 19.9 Å². The van der Waals surface area contributed by atoms with E-state index in [-0.39, 0.29) is 24.7 Å². The van der Waals surface area contributed by atoms with Gasteiger partial charge >= 0.3 is 0 Å². The third-order valence-corrected chi connectivity index (χ3v) is 2.56. The number of carbonyl (C=O) groups excluding carboxylic acids is 2. The monoisotopic (exact) mass is 203 g/mol. The van der Waals surface area contributed by atoms with Crippen LogP contribution in [0.3, 0.4) is 0 Å². The quantitative estimate of drug-likeness (QED) is 0.679. The predicted molar refractivity (Wildman–Crippen MR) is 56.2 cm³/mol. The van der Waals surface area contributed by atoms with Gasteiger partial charge in [0.05, 0.1) is 13.0 Å². The smallest absolute Gasteiger partial charge is 0.230 e. The van der Waals surface area contributed by atoms with Gasteiger partial charge < -0.3 is 4.90 Å². The number of hydrogen-bond donors (Lipinski definition) is 0. The molecule has 0 radical (unpaired) electrons. The molecule has 1 aliphatic heterocycles. The zero-order valence-corrected chi connectivity index (χ0v) is 8.69. The van der Waals surface area contributed by atoms with E-state index in [2.05, 4.69) is 0 Å². The van der Waals surface area contributed by atoms with Crippen molar-refractivity contribution in [2.75, 3.05) is 6.54 Å². The minimum absolute atomic E-state index is 0.0205. The molecule has 3 nitrogen and oxygen atoms in total. The van der Waals surface area contributed by atoms with Crippen molar-refractivity contribution < 1.29 is 9.59 Å². The van der Waals surface area contributed by atoms with Crippen molar-refractivity contribution >= 4 is 11.7 Å². The van der Waals surface area contributed by atoms with Crippen molar-refractivity contribution in [2.24, 2.45) is 0 Å². The van der Waals surface area contributed by atoms with Crippen LogP contribution in [0.1, 0.15) is 17.5 Å². The normalized spacial score (nSPS) is 16.2. The van der Waals surface area contributed by atoms with Crippen LogP contribution in [0.4, 0.5) is 0 Å². The Morgan fingerprint density at radius 3 is 2.40 bits per heavy atom. The molecule has 0 N–H and O–H groups in total. The molecular weight excluding hydrogens is 190 g/mol. The standard InChI is InChI=1S/C12H13NO2/c1-9-2-4-10(5-3-9)7-13-8-11(14)6-12(13)15/h2-5H,6-8H2,1H3. The summed E-state index contributed by atoms with van der Waals surface area (Å²) >= 11 is 0. The highest BCUT2D eigenvalue weighted by atomic mass is 16.2. The Bertz CT molecular complexity index is 395. The van der Waals surface area contributed by atoms with Gasteiger partial charge in [0.2, 0.25) is 5.91 Å². The van der Waals surface area contributed by atoms with Gasteiger partial charge in [-0.05, 0) is 12.5 Å². The van der Waals surface area contributed by atoms with Crippen molar-refractivity contribution in [1.82, 2.24) is 4.90 Å². The largest absolute Gasteiger partial charge is 0.331 e. The van der Waals surface area contributed by atoms with Crippen LogP contribution in [0.2, 0.25) is 0 Å². The van der Waals surface area contributed by atoms with Gasteiger partial charge in [-0.1, -0.05) is 29.8 Å². The number of Topliss-reactive ketones (excluding diaryl/α,β-unsaturated/α-hetero) is 1. The van der Waals surface area contributed by atoms with Gasteiger partial charge in [0.1, 0.15) is 0 Å². The molecule has 1 saturated heterocycles. The average Bonchev–Trinajstić information content (AvgIpc) is 2.49. The highest BCUT2D eigenvalue weighted by Gasteiger charge is 2.26. The number of hydrogen-bond acceptors (Lipinski definition) is 2. The number of benzene rings is 1. The lowest BCUT2D eigenvalue weighted by Crippen LogP contribution is -2.24. The molecule has 1 fully saturated rings. The van der Waals surface area contributed by atoms with Gasteiger partial charge in [-0.3, -0.25) is 9.59 Å². The summed E-state index contributed by atoms with van der Waals surface area (Å²) in [6.07, 6.45) is 0.0753. The van der Waals surface area contributed by atoms with Gasteiger partial charge in [0.25, 0.3) is 0 Å². The Morgan fingerprint density at radius 2 is 1.87 bits per heavy atom. The molecule has 78 valence electrons. The Hall–Kier alpha value is -1.64. The molecule has 2 rings (SSSR count). The Balaban J connectivity index is 2.06. The number of rotatable bonds is 2. The summed E-state index contributed by atoms with van der Waals surface area (Å²) in [6, 6.07) is 8.01. The van der Waals surface area contributed by atoms with E-state index in [0.29, 0.717) is 6.54 Å². The minimum Gasteiger partial charge on any atom is -0.331 e. The molecule has 15 heavy (non-hydrogen) atoms. The fourth-order valence-electron chi connectivity index (χ4n) is 1.70. The molecule has 3 heteroatoms. The first-order chi connectivity index (χ1) is 7.15. The van der Waals surface area contributed by atoms with Gasteiger partial charge in [-0.2, -0.15) is 0 Å².